The van der Waals surface area contributed by atoms with Gasteiger partial charge in [0.1, 0.15) is 0 Å². The molecule has 0 aromatic rings. The van der Waals surface area contributed by atoms with E-state index in [2.05, 4.69) is 13.8 Å². The van der Waals surface area contributed by atoms with Gasteiger partial charge in [-0.15, -0.1) is 0 Å². The van der Waals surface area contributed by atoms with Crippen LogP contribution < -0.4 is 0 Å². The van der Waals surface area contributed by atoms with Crippen molar-refractivity contribution in [2.24, 2.45) is 0 Å². The summed E-state index contributed by atoms with van der Waals surface area (Å²) in [5, 5.41) is 0. The standard InChI is InChI=1S/C32H60O4.Na.H/c1-3-5-7-9-11-13-15-17-19-21-23-25-29-35-31(33)27-28-32(34)36-30-26-24-22-20-18-16-14-12-10-8-6-4-2;;/h27-28H,3-26,29-30H2,1-2H3;;/b28-27-;;. The summed E-state index contributed by atoms with van der Waals surface area (Å²) >= 11 is 0. The van der Waals surface area contributed by atoms with E-state index in [4.69, 9.17) is 9.47 Å². The summed E-state index contributed by atoms with van der Waals surface area (Å²) in [7, 11) is 0. The van der Waals surface area contributed by atoms with Gasteiger partial charge in [-0.1, -0.05) is 155 Å². The summed E-state index contributed by atoms with van der Waals surface area (Å²) in [5.74, 6) is -0.916. The molecule has 5 heteroatoms. The second-order valence-electron chi connectivity index (χ2n) is 10.4. The number of ether oxygens (including phenoxy) is 2. The van der Waals surface area contributed by atoms with E-state index in [0.29, 0.717) is 13.2 Å². The van der Waals surface area contributed by atoms with E-state index < -0.39 is 11.9 Å². The summed E-state index contributed by atoms with van der Waals surface area (Å²) < 4.78 is 10.3. The van der Waals surface area contributed by atoms with E-state index in [9.17, 15) is 9.59 Å². The summed E-state index contributed by atoms with van der Waals surface area (Å²) in [4.78, 5) is 23.4. The Morgan fingerprint density at radius 1 is 0.405 bits per heavy atom. The van der Waals surface area contributed by atoms with Gasteiger partial charge < -0.3 is 9.47 Å². The first-order valence-corrected chi connectivity index (χ1v) is 15.7. The van der Waals surface area contributed by atoms with Crippen molar-refractivity contribution >= 4 is 41.5 Å². The molecule has 0 aliphatic heterocycles. The summed E-state index contributed by atoms with van der Waals surface area (Å²) in [6.45, 7) is 5.37. The molecule has 0 heterocycles. The number of carbonyl (C=O) groups is 2. The van der Waals surface area contributed by atoms with Crippen LogP contribution in [0.25, 0.3) is 0 Å². The van der Waals surface area contributed by atoms with Crippen LogP contribution in [0.2, 0.25) is 0 Å². The predicted octanol–water partition coefficient (Wildman–Crippen LogP) is 9.38. The molecule has 0 amide bonds. The predicted molar refractivity (Wildman–Crippen MR) is 160 cm³/mol. The maximum absolute atomic E-state index is 11.7. The van der Waals surface area contributed by atoms with Gasteiger partial charge in [-0.05, 0) is 12.8 Å². The molecule has 0 aliphatic rings. The van der Waals surface area contributed by atoms with E-state index in [1.54, 1.807) is 0 Å². The SMILES string of the molecule is CCCCCCCCCCCCCCOC(=O)/C=C\C(=O)OCCCCCCCCCCCCCC.[NaH]. The third kappa shape index (κ3) is 33.7. The molecule has 0 bridgehead atoms. The number of hydrogen-bond acceptors (Lipinski definition) is 4. The van der Waals surface area contributed by atoms with Crippen LogP contribution in [-0.2, 0) is 19.1 Å². The zero-order valence-electron chi connectivity index (χ0n) is 24.2. The molecule has 4 nitrogen and oxygen atoms in total. The van der Waals surface area contributed by atoms with Crippen LogP contribution >= 0.6 is 0 Å². The third-order valence-corrected chi connectivity index (χ3v) is 6.84. The van der Waals surface area contributed by atoms with Crippen LogP contribution in [0.5, 0.6) is 0 Å². The molecule has 0 aromatic carbocycles. The topological polar surface area (TPSA) is 52.6 Å². The fourth-order valence-electron chi connectivity index (χ4n) is 4.46. The average Bonchev–Trinajstić information content (AvgIpc) is 2.88. The van der Waals surface area contributed by atoms with Gasteiger partial charge in [-0.3, -0.25) is 0 Å². The van der Waals surface area contributed by atoms with E-state index >= 15 is 0 Å². The van der Waals surface area contributed by atoms with Crippen LogP contribution in [0.3, 0.4) is 0 Å². The van der Waals surface area contributed by atoms with Gasteiger partial charge in [0.2, 0.25) is 0 Å². The van der Waals surface area contributed by atoms with E-state index in [0.717, 1.165) is 25.7 Å². The van der Waals surface area contributed by atoms with Gasteiger partial charge in [-0.25, -0.2) is 9.59 Å². The van der Waals surface area contributed by atoms with Gasteiger partial charge >= 0.3 is 41.5 Å². The van der Waals surface area contributed by atoms with Crippen LogP contribution in [-0.4, -0.2) is 54.7 Å². The Morgan fingerprint density at radius 2 is 0.622 bits per heavy atom. The Hall–Kier alpha value is -0.320. The fraction of sp³-hybridized carbons (Fsp3) is 0.875. The van der Waals surface area contributed by atoms with Crippen molar-refractivity contribution in [3.05, 3.63) is 12.2 Å². The summed E-state index contributed by atoms with van der Waals surface area (Å²) in [6.07, 6.45) is 33.1. The Balaban J connectivity index is 0. The van der Waals surface area contributed by atoms with Crippen molar-refractivity contribution < 1.29 is 19.1 Å². The van der Waals surface area contributed by atoms with Gasteiger partial charge in [-0.2, -0.15) is 0 Å². The molecule has 0 unspecified atom stereocenters. The van der Waals surface area contributed by atoms with Crippen molar-refractivity contribution in [3.63, 3.8) is 0 Å². The number of unbranched alkanes of at least 4 members (excludes halogenated alkanes) is 22. The van der Waals surface area contributed by atoms with Crippen molar-refractivity contribution in [3.8, 4) is 0 Å². The van der Waals surface area contributed by atoms with Gasteiger partial charge in [0, 0.05) is 12.2 Å². The van der Waals surface area contributed by atoms with Crippen molar-refractivity contribution in [2.75, 3.05) is 13.2 Å². The number of carbonyl (C=O) groups excluding carboxylic acids is 2. The summed E-state index contributed by atoms with van der Waals surface area (Å²) in [5.41, 5.74) is 0. The monoisotopic (exact) mass is 532 g/mol. The zero-order valence-corrected chi connectivity index (χ0v) is 24.2. The van der Waals surface area contributed by atoms with Gasteiger partial charge in [0.25, 0.3) is 0 Å². The Bertz CT molecular complexity index is 463. The average molecular weight is 533 g/mol. The van der Waals surface area contributed by atoms with Crippen LogP contribution in [0.4, 0.5) is 0 Å². The molecule has 37 heavy (non-hydrogen) atoms. The Kier molecular flexibility index (Phi) is 35.4. The molecule has 0 atom stereocenters. The molecular formula is C32H61NaO4. The molecule has 0 rings (SSSR count). The minimum atomic E-state index is -0.458. The first-order chi connectivity index (χ1) is 17.7. The third-order valence-electron chi connectivity index (χ3n) is 6.84. The Labute approximate surface area is 252 Å². The summed E-state index contributed by atoms with van der Waals surface area (Å²) in [6, 6.07) is 0. The zero-order chi connectivity index (χ0) is 26.4. The van der Waals surface area contributed by atoms with E-state index in [1.165, 1.54) is 141 Å². The van der Waals surface area contributed by atoms with Crippen molar-refractivity contribution in [1.82, 2.24) is 0 Å². The van der Waals surface area contributed by atoms with Crippen LogP contribution in [0.15, 0.2) is 12.2 Å². The molecule has 0 fully saturated rings. The normalized spacial score (nSPS) is 11.0. The second-order valence-corrected chi connectivity index (χ2v) is 10.4. The molecular weight excluding hydrogens is 471 g/mol. The van der Waals surface area contributed by atoms with Crippen LogP contribution in [0, 0.1) is 0 Å². The molecule has 0 saturated carbocycles. The van der Waals surface area contributed by atoms with Gasteiger partial charge in [0.05, 0.1) is 13.2 Å². The van der Waals surface area contributed by atoms with Crippen molar-refractivity contribution in [1.29, 1.82) is 0 Å². The first-order valence-electron chi connectivity index (χ1n) is 15.7. The first kappa shape index (κ1) is 38.8. The second kappa shape index (κ2) is 33.7. The fourth-order valence-corrected chi connectivity index (χ4v) is 4.46. The molecule has 0 saturated heterocycles. The molecule has 0 aromatic heterocycles. The molecule has 0 radical (unpaired) electrons. The number of rotatable bonds is 28. The number of hydrogen-bond donors (Lipinski definition) is 0. The molecule has 0 N–H and O–H groups in total. The van der Waals surface area contributed by atoms with E-state index in [-0.39, 0.29) is 29.6 Å². The molecule has 0 aliphatic carbocycles. The van der Waals surface area contributed by atoms with Gasteiger partial charge in [0.15, 0.2) is 0 Å². The van der Waals surface area contributed by atoms with Crippen molar-refractivity contribution in [2.45, 2.75) is 168 Å². The number of esters is 2. The minimum absolute atomic E-state index is 0. The molecule has 214 valence electrons. The van der Waals surface area contributed by atoms with E-state index in [1.807, 2.05) is 0 Å². The van der Waals surface area contributed by atoms with Crippen LogP contribution in [0.1, 0.15) is 168 Å². The Morgan fingerprint density at radius 3 is 0.865 bits per heavy atom. The molecule has 0 spiro atoms. The quantitative estimate of drug-likeness (QED) is 0.0436. The maximum atomic E-state index is 11.7.